The van der Waals surface area contributed by atoms with Crippen LogP contribution in [0.15, 0.2) is 53.1 Å². The zero-order valence-electron chi connectivity index (χ0n) is 15.6. The number of carbonyl (C=O) groups is 1. The minimum atomic E-state index is -0.213. The first kappa shape index (κ1) is 18.5. The molecule has 0 aliphatic heterocycles. The Hall–Kier alpha value is -3.28. The average Bonchev–Trinajstić information content (AvgIpc) is 3.03. The first-order valence-electron chi connectivity index (χ1n) is 8.63. The molecule has 3 rings (SSSR count). The van der Waals surface area contributed by atoms with Crippen molar-refractivity contribution in [2.24, 2.45) is 0 Å². The molecule has 0 bridgehead atoms. The van der Waals surface area contributed by atoms with E-state index in [9.17, 15) is 4.79 Å². The predicted octanol–water partition coefficient (Wildman–Crippen LogP) is 3.81. The van der Waals surface area contributed by atoms with Gasteiger partial charge in [0, 0.05) is 6.54 Å². The molecule has 1 N–H and O–H groups in total. The molecule has 0 aliphatic rings. The van der Waals surface area contributed by atoms with E-state index in [0.29, 0.717) is 41.7 Å². The minimum Gasteiger partial charge on any atom is -0.493 e. The molecule has 2 aromatic carbocycles. The van der Waals surface area contributed by atoms with Crippen LogP contribution in [0.1, 0.15) is 32.9 Å². The van der Waals surface area contributed by atoms with E-state index in [1.165, 1.54) is 0 Å². The molecule has 0 saturated carbocycles. The second-order valence-electron chi connectivity index (χ2n) is 6.14. The molecular formula is C21H22N2O4. The summed E-state index contributed by atoms with van der Waals surface area (Å²) in [4.78, 5) is 12.3. The van der Waals surface area contributed by atoms with Crippen LogP contribution in [0.25, 0.3) is 0 Å². The van der Waals surface area contributed by atoms with Crippen molar-refractivity contribution in [2.45, 2.75) is 27.0 Å². The molecule has 6 heteroatoms. The number of aryl methyl sites for hydroxylation is 2. The monoisotopic (exact) mass is 366 g/mol. The summed E-state index contributed by atoms with van der Waals surface area (Å²) in [7, 11) is 1.59. The third-order valence-electron chi connectivity index (χ3n) is 4.18. The molecule has 0 aliphatic carbocycles. The van der Waals surface area contributed by atoms with Crippen molar-refractivity contribution in [3.63, 3.8) is 0 Å². The van der Waals surface area contributed by atoms with Crippen LogP contribution in [0.2, 0.25) is 0 Å². The SMILES string of the molecule is COc1cc(CNC(=O)c2c(C)noc2C)ccc1OCc1ccccc1. The van der Waals surface area contributed by atoms with Gasteiger partial charge in [0.15, 0.2) is 11.5 Å². The van der Waals surface area contributed by atoms with Gasteiger partial charge >= 0.3 is 0 Å². The fraction of sp³-hybridized carbons (Fsp3) is 0.238. The van der Waals surface area contributed by atoms with Crippen LogP contribution in [0, 0.1) is 13.8 Å². The van der Waals surface area contributed by atoms with Crippen molar-refractivity contribution in [3.05, 3.63) is 76.7 Å². The van der Waals surface area contributed by atoms with Gasteiger partial charge in [-0.25, -0.2) is 0 Å². The predicted molar refractivity (Wildman–Crippen MR) is 101 cm³/mol. The first-order valence-corrected chi connectivity index (χ1v) is 8.63. The summed E-state index contributed by atoms with van der Waals surface area (Å²) >= 11 is 0. The number of hydrogen-bond acceptors (Lipinski definition) is 5. The molecule has 0 saturated heterocycles. The van der Waals surface area contributed by atoms with Gasteiger partial charge in [0.2, 0.25) is 0 Å². The Kier molecular flexibility index (Phi) is 5.76. The summed E-state index contributed by atoms with van der Waals surface area (Å²) in [5, 5.41) is 6.68. The Balaban J connectivity index is 1.64. The minimum absolute atomic E-state index is 0.213. The third-order valence-corrected chi connectivity index (χ3v) is 4.18. The average molecular weight is 366 g/mol. The highest BCUT2D eigenvalue weighted by molar-refractivity contribution is 5.96. The maximum absolute atomic E-state index is 12.3. The summed E-state index contributed by atoms with van der Waals surface area (Å²) in [5.41, 5.74) is 3.03. The number of hydrogen-bond donors (Lipinski definition) is 1. The largest absolute Gasteiger partial charge is 0.493 e. The number of benzene rings is 2. The van der Waals surface area contributed by atoms with Crippen molar-refractivity contribution in [1.29, 1.82) is 0 Å². The Morgan fingerprint density at radius 3 is 2.52 bits per heavy atom. The lowest BCUT2D eigenvalue weighted by atomic mass is 10.1. The zero-order chi connectivity index (χ0) is 19.2. The van der Waals surface area contributed by atoms with E-state index in [1.54, 1.807) is 21.0 Å². The third kappa shape index (κ3) is 4.47. The van der Waals surface area contributed by atoms with E-state index < -0.39 is 0 Å². The Bertz CT molecular complexity index is 900. The van der Waals surface area contributed by atoms with Crippen LogP contribution in [0.4, 0.5) is 0 Å². The smallest absolute Gasteiger partial charge is 0.257 e. The fourth-order valence-electron chi connectivity index (χ4n) is 2.75. The molecular weight excluding hydrogens is 344 g/mol. The highest BCUT2D eigenvalue weighted by Gasteiger charge is 2.17. The molecule has 0 unspecified atom stereocenters. The van der Waals surface area contributed by atoms with Crippen LogP contribution in [-0.4, -0.2) is 18.2 Å². The highest BCUT2D eigenvalue weighted by Crippen LogP contribution is 2.29. The van der Waals surface area contributed by atoms with E-state index in [1.807, 2.05) is 48.5 Å². The van der Waals surface area contributed by atoms with E-state index in [-0.39, 0.29) is 5.91 Å². The van der Waals surface area contributed by atoms with E-state index in [4.69, 9.17) is 14.0 Å². The molecule has 0 fully saturated rings. The second-order valence-corrected chi connectivity index (χ2v) is 6.14. The Morgan fingerprint density at radius 1 is 1.07 bits per heavy atom. The van der Waals surface area contributed by atoms with Gasteiger partial charge in [0.1, 0.15) is 17.9 Å². The molecule has 0 radical (unpaired) electrons. The number of methoxy groups -OCH3 is 1. The molecule has 140 valence electrons. The summed E-state index contributed by atoms with van der Waals surface area (Å²) < 4.78 is 16.3. The van der Waals surface area contributed by atoms with Gasteiger partial charge in [0.25, 0.3) is 5.91 Å². The Labute approximate surface area is 158 Å². The lowest BCUT2D eigenvalue weighted by Crippen LogP contribution is -2.23. The normalized spacial score (nSPS) is 10.5. The molecule has 0 spiro atoms. The quantitative estimate of drug-likeness (QED) is 0.688. The van der Waals surface area contributed by atoms with Gasteiger partial charge in [-0.2, -0.15) is 0 Å². The number of ether oxygens (including phenoxy) is 2. The van der Waals surface area contributed by atoms with Crippen LogP contribution >= 0.6 is 0 Å². The van der Waals surface area contributed by atoms with Crippen LogP contribution in [0.3, 0.4) is 0 Å². The van der Waals surface area contributed by atoms with Crippen molar-refractivity contribution in [1.82, 2.24) is 10.5 Å². The molecule has 1 aromatic heterocycles. The first-order chi connectivity index (χ1) is 13.1. The van der Waals surface area contributed by atoms with Gasteiger partial charge in [-0.05, 0) is 37.1 Å². The van der Waals surface area contributed by atoms with Crippen molar-refractivity contribution in [3.8, 4) is 11.5 Å². The van der Waals surface area contributed by atoms with Crippen molar-refractivity contribution < 1.29 is 18.8 Å². The number of nitrogens with one attached hydrogen (secondary N) is 1. The summed E-state index contributed by atoms with van der Waals surface area (Å²) in [5.74, 6) is 1.57. The fourth-order valence-corrected chi connectivity index (χ4v) is 2.75. The van der Waals surface area contributed by atoms with Crippen molar-refractivity contribution in [2.75, 3.05) is 7.11 Å². The molecule has 6 nitrogen and oxygen atoms in total. The molecule has 0 atom stereocenters. The maximum Gasteiger partial charge on any atom is 0.257 e. The summed E-state index contributed by atoms with van der Waals surface area (Å²) in [6.07, 6.45) is 0. The van der Waals surface area contributed by atoms with Crippen LogP contribution < -0.4 is 14.8 Å². The standard InChI is InChI=1S/C21H22N2O4/c1-14-20(15(2)27-23-14)21(24)22-12-17-9-10-18(19(11-17)25-3)26-13-16-7-5-4-6-8-16/h4-11H,12-13H2,1-3H3,(H,22,24). The van der Waals surface area contributed by atoms with Gasteiger partial charge in [-0.1, -0.05) is 41.6 Å². The molecule has 27 heavy (non-hydrogen) atoms. The second kappa shape index (κ2) is 8.40. The molecule has 3 aromatic rings. The topological polar surface area (TPSA) is 73.6 Å². The Morgan fingerprint density at radius 2 is 1.85 bits per heavy atom. The van der Waals surface area contributed by atoms with Gasteiger partial charge in [-0.15, -0.1) is 0 Å². The molecule has 1 amide bonds. The van der Waals surface area contributed by atoms with Gasteiger partial charge in [-0.3, -0.25) is 4.79 Å². The lowest BCUT2D eigenvalue weighted by Gasteiger charge is -2.13. The van der Waals surface area contributed by atoms with E-state index in [0.717, 1.165) is 11.1 Å². The van der Waals surface area contributed by atoms with E-state index in [2.05, 4.69) is 10.5 Å². The summed E-state index contributed by atoms with van der Waals surface area (Å²) in [6.45, 7) is 4.28. The number of amides is 1. The lowest BCUT2D eigenvalue weighted by molar-refractivity contribution is 0.0949. The van der Waals surface area contributed by atoms with Gasteiger partial charge < -0.3 is 19.3 Å². The number of aromatic nitrogens is 1. The van der Waals surface area contributed by atoms with Crippen molar-refractivity contribution >= 4 is 5.91 Å². The number of carbonyl (C=O) groups excluding carboxylic acids is 1. The highest BCUT2D eigenvalue weighted by atomic mass is 16.5. The number of rotatable bonds is 7. The summed E-state index contributed by atoms with van der Waals surface area (Å²) in [6, 6.07) is 15.5. The van der Waals surface area contributed by atoms with Crippen LogP contribution in [-0.2, 0) is 13.2 Å². The van der Waals surface area contributed by atoms with Crippen LogP contribution in [0.5, 0.6) is 11.5 Å². The van der Waals surface area contributed by atoms with Gasteiger partial charge in [0.05, 0.1) is 12.8 Å². The van der Waals surface area contributed by atoms with E-state index >= 15 is 0 Å². The number of nitrogens with zero attached hydrogens (tertiary/aromatic N) is 1. The zero-order valence-corrected chi connectivity index (χ0v) is 15.6. The maximum atomic E-state index is 12.3. The molecule has 1 heterocycles.